The van der Waals surface area contributed by atoms with Crippen LogP contribution in [-0.2, 0) is 27.2 Å². The highest BCUT2D eigenvalue weighted by molar-refractivity contribution is 5.88. The zero-order valence-electron chi connectivity index (χ0n) is 28.2. The largest absolute Gasteiger partial charge is 0.444 e. The zero-order chi connectivity index (χ0) is 36.0. The quantitative estimate of drug-likeness (QED) is 0.126. The van der Waals surface area contributed by atoms with E-state index in [-0.39, 0.29) is 36.0 Å². The summed E-state index contributed by atoms with van der Waals surface area (Å²) in [6.45, 7) is 8.50. The molecule has 0 spiro atoms. The van der Waals surface area contributed by atoms with Crippen molar-refractivity contribution in [2.75, 3.05) is 11.5 Å². The molecule has 0 aliphatic rings. The lowest BCUT2D eigenvalue weighted by Gasteiger charge is -2.21. The standard InChI is InChI=1S/C20H25N5O3.C15H17N5O/c1-13(22-19(27)28-20(2,3)4)17(26)12-15-10-11-16(18(21)23-15)25-24-14-8-6-5-7-9-14;1-10(16)14(21)9-12-7-8-13(15(17)18-12)20-19-11-5-3-2-4-6-11/h5-11,13H,12H2,1-4H3,(H2,21,23)(H,22,27);2-8,10H,9,16H2,1H3,(H2,17,18)/t13-;10-/m00/s1. The second-order valence-corrected chi connectivity index (χ2v) is 11.9. The number of nitrogens with one attached hydrogen (secondary N) is 1. The molecule has 0 saturated carbocycles. The molecule has 4 rings (SSSR count). The number of alkyl carbamates (subject to hydrolysis) is 1. The highest BCUT2D eigenvalue weighted by atomic mass is 16.6. The SMILES string of the molecule is C[C@H](N)C(=O)Cc1ccc(N=Nc2ccccc2)c(N)n1.C[C@H](NC(=O)OC(C)(C)C)C(=O)Cc1ccc(N=Nc2ccccc2)c(N)n1. The number of rotatable bonds is 11. The third-order valence-electron chi connectivity index (χ3n) is 6.41. The van der Waals surface area contributed by atoms with Crippen molar-refractivity contribution in [3.8, 4) is 0 Å². The summed E-state index contributed by atoms with van der Waals surface area (Å²) in [6.07, 6.45) is -0.451. The van der Waals surface area contributed by atoms with Crippen molar-refractivity contribution >= 4 is 52.0 Å². The number of aromatic nitrogens is 2. The smallest absolute Gasteiger partial charge is 0.408 e. The number of nitrogens with two attached hydrogens (primary N) is 3. The van der Waals surface area contributed by atoms with Gasteiger partial charge in [0.05, 0.1) is 47.7 Å². The maximum Gasteiger partial charge on any atom is 0.408 e. The Morgan fingerprint density at radius 3 is 1.51 bits per heavy atom. The van der Waals surface area contributed by atoms with Crippen molar-refractivity contribution in [3.63, 3.8) is 0 Å². The summed E-state index contributed by atoms with van der Waals surface area (Å²) in [4.78, 5) is 44.0. The Kier molecular flexibility index (Phi) is 13.7. The zero-order valence-corrected chi connectivity index (χ0v) is 28.2. The summed E-state index contributed by atoms with van der Waals surface area (Å²) in [5.41, 5.74) is 20.0. The van der Waals surface area contributed by atoms with Gasteiger partial charge < -0.3 is 27.3 Å². The van der Waals surface area contributed by atoms with Crippen LogP contribution in [0.25, 0.3) is 0 Å². The Morgan fingerprint density at radius 2 is 1.12 bits per heavy atom. The highest BCUT2D eigenvalue weighted by Crippen LogP contribution is 2.24. The van der Waals surface area contributed by atoms with E-state index in [1.54, 1.807) is 58.9 Å². The number of ketones is 2. The van der Waals surface area contributed by atoms with Crippen LogP contribution in [0.3, 0.4) is 0 Å². The monoisotopic (exact) mass is 666 g/mol. The van der Waals surface area contributed by atoms with Gasteiger partial charge in [0.1, 0.15) is 17.0 Å². The molecule has 0 unspecified atom stereocenters. The van der Waals surface area contributed by atoms with Crippen LogP contribution in [0.5, 0.6) is 0 Å². The van der Waals surface area contributed by atoms with Crippen LogP contribution in [-0.4, -0.2) is 45.3 Å². The van der Waals surface area contributed by atoms with E-state index < -0.39 is 23.8 Å². The molecule has 49 heavy (non-hydrogen) atoms. The first-order valence-corrected chi connectivity index (χ1v) is 15.4. The lowest BCUT2D eigenvalue weighted by molar-refractivity contribution is -0.120. The molecule has 1 amide bonds. The van der Waals surface area contributed by atoms with Crippen LogP contribution >= 0.6 is 0 Å². The summed E-state index contributed by atoms with van der Waals surface area (Å²) in [6, 6.07) is 24.1. The normalized spacial score (nSPS) is 12.5. The van der Waals surface area contributed by atoms with Crippen molar-refractivity contribution in [1.29, 1.82) is 0 Å². The number of pyridine rings is 2. The van der Waals surface area contributed by atoms with Gasteiger partial charge in [0.25, 0.3) is 0 Å². The van der Waals surface area contributed by atoms with Crippen LogP contribution in [0.1, 0.15) is 46.0 Å². The second-order valence-electron chi connectivity index (χ2n) is 11.9. The van der Waals surface area contributed by atoms with Crippen LogP contribution < -0.4 is 22.5 Å². The van der Waals surface area contributed by atoms with E-state index in [4.69, 9.17) is 21.9 Å². The minimum Gasteiger partial charge on any atom is -0.444 e. The van der Waals surface area contributed by atoms with Gasteiger partial charge in [0.15, 0.2) is 23.2 Å². The number of anilines is 2. The van der Waals surface area contributed by atoms with Gasteiger partial charge >= 0.3 is 6.09 Å². The van der Waals surface area contributed by atoms with E-state index in [0.717, 1.165) is 5.69 Å². The van der Waals surface area contributed by atoms with E-state index in [2.05, 4.69) is 35.7 Å². The van der Waals surface area contributed by atoms with Crippen molar-refractivity contribution in [1.82, 2.24) is 15.3 Å². The van der Waals surface area contributed by atoms with Crippen molar-refractivity contribution in [2.24, 2.45) is 26.2 Å². The topological polar surface area (TPSA) is 226 Å². The van der Waals surface area contributed by atoms with E-state index >= 15 is 0 Å². The lowest BCUT2D eigenvalue weighted by atomic mass is 10.1. The third-order valence-corrected chi connectivity index (χ3v) is 6.41. The Labute approximate surface area is 285 Å². The molecular formula is C35H42N10O4. The van der Waals surface area contributed by atoms with Crippen molar-refractivity contribution < 1.29 is 19.1 Å². The van der Waals surface area contributed by atoms with Gasteiger partial charge in [-0.3, -0.25) is 9.59 Å². The molecule has 2 heterocycles. The maximum absolute atomic E-state index is 12.3. The van der Waals surface area contributed by atoms with Gasteiger partial charge in [-0.1, -0.05) is 36.4 Å². The third kappa shape index (κ3) is 13.4. The van der Waals surface area contributed by atoms with Crippen LogP contribution in [0, 0.1) is 0 Å². The highest BCUT2D eigenvalue weighted by Gasteiger charge is 2.21. The molecule has 0 fully saturated rings. The molecule has 0 radical (unpaired) electrons. The second kappa shape index (κ2) is 17.9. The van der Waals surface area contributed by atoms with Crippen LogP contribution in [0.4, 0.5) is 39.2 Å². The predicted octanol–water partition coefficient (Wildman–Crippen LogP) is 6.64. The number of hydrogen-bond donors (Lipinski definition) is 4. The number of nitrogen functional groups attached to an aromatic ring is 2. The average Bonchev–Trinajstić information content (AvgIpc) is 3.04. The van der Waals surface area contributed by atoms with E-state index in [0.29, 0.717) is 28.5 Å². The summed E-state index contributed by atoms with van der Waals surface area (Å²) in [5, 5.41) is 18.8. The van der Waals surface area contributed by atoms with Crippen LogP contribution in [0.2, 0.25) is 0 Å². The Hall–Kier alpha value is -5.89. The number of amides is 1. The molecule has 0 bridgehead atoms. The molecule has 2 aromatic heterocycles. The molecule has 0 aliphatic carbocycles. The van der Waals surface area contributed by atoms with Gasteiger partial charge in [-0.25, -0.2) is 14.8 Å². The fraction of sp³-hybridized carbons (Fsp3) is 0.286. The summed E-state index contributed by atoms with van der Waals surface area (Å²) in [7, 11) is 0. The molecule has 256 valence electrons. The number of azo groups is 2. The number of carbonyl (C=O) groups is 3. The molecule has 14 heteroatoms. The molecular weight excluding hydrogens is 624 g/mol. The molecule has 7 N–H and O–H groups in total. The molecule has 0 saturated heterocycles. The van der Waals surface area contributed by atoms with E-state index in [9.17, 15) is 14.4 Å². The number of Topliss-reactive ketones (excluding diaryl/α,β-unsaturated/α-hetero) is 2. The number of carbonyl (C=O) groups excluding carboxylic acids is 3. The van der Waals surface area contributed by atoms with Crippen molar-refractivity contribution in [2.45, 2.75) is 65.1 Å². The summed E-state index contributed by atoms with van der Waals surface area (Å²) < 4.78 is 5.15. The predicted molar refractivity (Wildman–Crippen MR) is 188 cm³/mol. The lowest BCUT2D eigenvalue weighted by Crippen LogP contribution is -2.42. The Bertz CT molecular complexity index is 1770. The van der Waals surface area contributed by atoms with Gasteiger partial charge in [-0.05, 0) is 83.1 Å². The minimum absolute atomic E-state index is 0.0251. The number of ether oxygens (including phenoxy) is 1. The Balaban J connectivity index is 0.000000276. The average molecular weight is 667 g/mol. The molecule has 4 aromatic rings. The number of benzene rings is 2. The maximum atomic E-state index is 12.3. The molecule has 2 atom stereocenters. The van der Waals surface area contributed by atoms with Crippen molar-refractivity contribution in [3.05, 3.63) is 96.3 Å². The van der Waals surface area contributed by atoms with Gasteiger partial charge in [-0.2, -0.15) is 10.2 Å². The van der Waals surface area contributed by atoms with Gasteiger partial charge in [0.2, 0.25) is 0 Å². The van der Waals surface area contributed by atoms with Gasteiger partial charge in [0, 0.05) is 0 Å². The van der Waals surface area contributed by atoms with E-state index in [1.807, 2.05) is 60.7 Å². The fourth-order valence-electron chi connectivity index (χ4n) is 3.83. The number of nitrogens with zero attached hydrogens (tertiary/aromatic N) is 6. The van der Waals surface area contributed by atoms with Gasteiger partial charge in [-0.15, -0.1) is 10.2 Å². The first-order valence-electron chi connectivity index (χ1n) is 15.4. The van der Waals surface area contributed by atoms with E-state index in [1.165, 1.54) is 0 Å². The molecule has 14 nitrogen and oxygen atoms in total. The fourth-order valence-corrected chi connectivity index (χ4v) is 3.83. The molecule has 2 aromatic carbocycles. The first kappa shape index (κ1) is 37.6. The minimum atomic E-state index is -0.713. The molecule has 0 aliphatic heterocycles. The van der Waals surface area contributed by atoms with Crippen LogP contribution in [0.15, 0.2) is 105 Å². The number of hydrogen-bond acceptors (Lipinski definition) is 13. The summed E-state index contributed by atoms with van der Waals surface area (Å²) >= 11 is 0. The Morgan fingerprint density at radius 1 is 0.694 bits per heavy atom. The summed E-state index contributed by atoms with van der Waals surface area (Å²) in [5.74, 6) is 0.124. The first-order chi connectivity index (χ1) is 23.2.